The Morgan fingerprint density at radius 2 is 1.88 bits per heavy atom. The molecule has 1 atom stereocenters. The van der Waals surface area contributed by atoms with Crippen molar-refractivity contribution in [1.82, 2.24) is 14.9 Å². The normalized spacial score (nSPS) is 12.2. The lowest BCUT2D eigenvalue weighted by Gasteiger charge is -2.15. The molecule has 1 aromatic heterocycles. The van der Waals surface area contributed by atoms with Crippen molar-refractivity contribution in [3.8, 4) is 0 Å². The zero-order valence-electron chi connectivity index (χ0n) is 14.4. The standard InChI is InChI=1S/C20H23N3O2/c1-15(11-12-16-7-3-2-4-8-16)21-20(25)13-23-18-10-6-5-9-17(18)22-19(23)14-24/h2-10,15,24H,11-14H2,1H3,(H,21,25). The molecule has 1 amide bonds. The van der Waals surface area contributed by atoms with Gasteiger partial charge < -0.3 is 15.0 Å². The molecule has 1 unspecified atom stereocenters. The molecule has 0 aliphatic carbocycles. The second-order valence-electron chi connectivity index (χ2n) is 6.25. The van der Waals surface area contributed by atoms with E-state index in [1.807, 2.05) is 49.4 Å². The topological polar surface area (TPSA) is 67.2 Å². The zero-order valence-corrected chi connectivity index (χ0v) is 14.4. The number of aryl methyl sites for hydroxylation is 1. The molecule has 0 aliphatic heterocycles. The van der Waals surface area contributed by atoms with Crippen molar-refractivity contribution in [2.24, 2.45) is 0 Å². The van der Waals surface area contributed by atoms with Crippen LogP contribution in [0, 0.1) is 0 Å². The van der Waals surface area contributed by atoms with Gasteiger partial charge in [0.2, 0.25) is 5.91 Å². The van der Waals surface area contributed by atoms with Gasteiger partial charge in [0.05, 0.1) is 11.0 Å². The monoisotopic (exact) mass is 337 g/mol. The first-order valence-electron chi connectivity index (χ1n) is 8.55. The van der Waals surface area contributed by atoms with Gasteiger partial charge in [-0.1, -0.05) is 42.5 Å². The summed E-state index contributed by atoms with van der Waals surface area (Å²) in [5.41, 5.74) is 2.92. The van der Waals surface area contributed by atoms with E-state index in [-0.39, 0.29) is 25.1 Å². The van der Waals surface area contributed by atoms with E-state index in [2.05, 4.69) is 22.4 Å². The molecule has 25 heavy (non-hydrogen) atoms. The van der Waals surface area contributed by atoms with Crippen LogP contribution in [0.4, 0.5) is 0 Å². The van der Waals surface area contributed by atoms with Crippen LogP contribution in [0.3, 0.4) is 0 Å². The third-order valence-electron chi connectivity index (χ3n) is 4.29. The Kier molecular flexibility index (Phi) is 5.46. The van der Waals surface area contributed by atoms with Crippen LogP contribution < -0.4 is 5.32 Å². The van der Waals surface area contributed by atoms with Gasteiger partial charge in [-0.25, -0.2) is 4.98 Å². The maximum atomic E-state index is 12.4. The van der Waals surface area contributed by atoms with E-state index >= 15 is 0 Å². The molecule has 3 rings (SSSR count). The molecular weight excluding hydrogens is 314 g/mol. The van der Waals surface area contributed by atoms with Gasteiger partial charge in [0.25, 0.3) is 0 Å². The molecule has 0 saturated heterocycles. The third kappa shape index (κ3) is 4.25. The molecule has 5 nitrogen and oxygen atoms in total. The van der Waals surface area contributed by atoms with E-state index in [4.69, 9.17) is 0 Å². The Morgan fingerprint density at radius 3 is 2.64 bits per heavy atom. The Bertz CT molecular complexity index is 843. The number of aliphatic hydroxyl groups is 1. The van der Waals surface area contributed by atoms with E-state index in [9.17, 15) is 9.90 Å². The highest BCUT2D eigenvalue weighted by atomic mass is 16.3. The number of aliphatic hydroxyl groups excluding tert-OH is 1. The van der Waals surface area contributed by atoms with Gasteiger partial charge in [-0.2, -0.15) is 0 Å². The minimum Gasteiger partial charge on any atom is -0.388 e. The molecule has 2 aromatic carbocycles. The van der Waals surface area contributed by atoms with Crippen molar-refractivity contribution in [2.45, 2.75) is 39.0 Å². The van der Waals surface area contributed by atoms with E-state index < -0.39 is 0 Å². The minimum atomic E-state index is -0.189. The number of para-hydroxylation sites is 2. The highest BCUT2D eigenvalue weighted by Crippen LogP contribution is 2.16. The van der Waals surface area contributed by atoms with E-state index in [0.29, 0.717) is 5.82 Å². The van der Waals surface area contributed by atoms with Crippen LogP contribution in [0.5, 0.6) is 0 Å². The smallest absolute Gasteiger partial charge is 0.240 e. The number of carbonyl (C=O) groups excluding carboxylic acids is 1. The van der Waals surface area contributed by atoms with Gasteiger partial charge in [-0.05, 0) is 37.5 Å². The SMILES string of the molecule is CC(CCc1ccccc1)NC(=O)Cn1c(CO)nc2ccccc21. The maximum absolute atomic E-state index is 12.4. The number of rotatable bonds is 7. The summed E-state index contributed by atoms with van der Waals surface area (Å²) in [5.74, 6) is 0.437. The van der Waals surface area contributed by atoms with Gasteiger partial charge in [0.1, 0.15) is 19.0 Å². The number of hydrogen-bond donors (Lipinski definition) is 2. The number of fused-ring (bicyclic) bond motifs is 1. The van der Waals surface area contributed by atoms with Gasteiger partial charge >= 0.3 is 0 Å². The molecule has 1 heterocycles. The number of benzene rings is 2. The average Bonchev–Trinajstić information content (AvgIpc) is 2.98. The number of amides is 1. The molecule has 0 aliphatic rings. The zero-order chi connectivity index (χ0) is 17.6. The van der Waals surface area contributed by atoms with Crippen LogP contribution in [0.2, 0.25) is 0 Å². The molecule has 0 saturated carbocycles. The molecule has 0 spiro atoms. The fourth-order valence-electron chi connectivity index (χ4n) is 2.99. The maximum Gasteiger partial charge on any atom is 0.240 e. The van der Waals surface area contributed by atoms with Crippen molar-refractivity contribution >= 4 is 16.9 Å². The highest BCUT2D eigenvalue weighted by Gasteiger charge is 2.14. The summed E-state index contributed by atoms with van der Waals surface area (Å²) < 4.78 is 1.77. The molecule has 0 radical (unpaired) electrons. The highest BCUT2D eigenvalue weighted by molar-refractivity contribution is 5.81. The summed E-state index contributed by atoms with van der Waals surface area (Å²) in [6, 6.07) is 17.9. The second kappa shape index (κ2) is 7.94. The lowest BCUT2D eigenvalue weighted by Crippen LogP contribution is -2.35. The molecule has 5 heteroatoms. The van der Waals surface area contributed by atoms with Gasteiger partial charge in [-0.15, -0.1) is 0 Å². The summed E-state index contributed by atoms with van der Waals surface area (Å²) in [6.45, 7) is 1.98. The predicted molar refractivity (Wildman–Crippen MR) is 98.0 cm³/mol. The number of imidazole rings is 1. The summed E-state index contributed by atoms with van der Waals surface area (Å²) in [4.78, 5) is 16.8. The molecule has 2 N–H and O–H groups in total. The molecule has 130 valence electrons. The number of hydrogen-bond acceptors (Lipinski definition) is 3. The Labute approximate surface area is 147 Å². The lowest BCUT2D eigenvalue weighted by atomic mass is 10.1. The number of nitrogens with one attached hydrogen (secondary N) is 1. The van der Waals surface area contributed by atoms with E-state index in [0.717, 1.165) is 23.9 Å². The van der Waals surface area contributed by atoms with Crippen molar-refractivity contribution in [1.29, 1.82) is 0 Å². The Hall–Kier alpha value is -2.66. The van der Waals surface area contributed by atoms with Gasteiger partial charge in [-0.3, -0.25) is 4.79 Å². The number of aromatic nitrogens is 2. The summed E-state index contributed by atoms with van der Waals surface area (Å²) in [7, 11) is 0. The van der Waals surface area contributed by atoms with Gasteiger partial charge in [0, 0.05) is 6.04 Å². The second-order valence-corrected chi connectivity index (χ2v) is 6.25. The number of carbonyl (C=O) groups is 1. The molecule has 3 aromatic rings. The summed E-state index contributed by atoms with van der Waals surface area (Å²) in [5, 5.41) is 12.5. The van der Waals surface area contributed by atoms with Crippen LogP contribution in [0.25, 0.3) is 11.0 Å². The first-order chi connectivity index (χ1) is 12.2. The van der Waals surface area contributed by atoms with Crippen LogP contribution >= 0.6 is 0 Å². The van der Waals surface area contributed by atoms with Crippen molar-refractivity contribution in [3.05, 3.63) is 66.0 Å². The Balaban J connectivity index is 1.61. The largest absolute Gasteiger partial charge is 0.388 e. The van der Waals surface area contributed by atoms with Crippen molar-refractivity contribution in [2.75, 3.05) is 0 Å². The quantitative estimate of drug-likeness (QED) is 0.696. The number of nitrogens with zero attached hydrogens (tertiary/aromatic N) is 2. The third-order valence-corrected chi connectivity index (χ3v) is 4.29. The van der Waals surface area contributed by atoms with Crippen molar-refractivity contribution < 1.29 is 9.90 Å². The fourth-order valence-corrected chi connectivity index (χ4v) is 2.99. The average molecular weight is 337 g/mol. The fraction of sp³-hybridized carbons (Fsp3) is 0.300. The summed E-state index contributed by atoms with van der Waals surface area (Å²) in [6.07, 6.45) is 1.81. The van der Waals surface area contributed by atoms with Crippen LogP contribution in [0.15, 0.2) is 54.6 Å². The van der Waals surface area contributed by atoms with E-state index in [1.54, 1.807) is 4.57 Å². The lowest BCUT2D eigenvalue weighted by molar-refractivity contribution is -0.122. The van der Waals surface area contributed by atoms with Crippen molar-refractivity contribution in [3.63, 3.8) is 0 Å². The first kappa shape index (κ1) is 17.2. The predicted octanol–water partition coefficient (Wildman–Crippen LogP) is 2.67. The minimum absolute atomic E-state index is 0.0709. The van der Waals surface area contributed by atoms with E-state index in [1.165, 1.54) is 5.56 Å². The molecule has 0 bridgehead atoms. The first-order valence-corrected chi connectivity index (χ1v) is 8.55. The summed E-state index contributed by atoms with van der Waals surface area (Å²) >= 11 is 0. The molecule has 0 fully saturated rings. The van der Waals surface area contributed by atoms with Crippen LogP contribution in [-0.4, -0.2) is 26.6 Å². The molecular formula is C20H23N3O2. The van der Waals surface area contributed by atoms with Gasteiger partial charge in [0.15, 0.2) is 0 Å². The van der Waals surface area contributed by atoms with Crippen LogP contribution in [-0.2, 0) is 24.4 Å². The van der Waals surface area contributed by atoms with Crippen LogP contribution in [0.1, 0.15) is 24.7 Å². The Morgan fingerprint density at radius 1 is 1.16 bits per heavy atom.